The Balaban J connectivity index is 1.41. The van der Waals surface area contributed by atoms with Crippen molar-refractivity contribution in [2.75, 3.05) is 32.1 Å². The Bertz CT molecular complexity index is 1550. The van der Waals surface area contributed by atoms with E-state index in [0.29, 0.717) is 22.2 Å². The molecule has 0 saturated carbocycles. The first-order chi connectivity index (χ1) is 19.8. The van der Waals surface area contributed by atoms with Crippen LogP contribution in [0, 0.1) is 0 Å². The number of halogens is 4. The molecule has 2 heterocycles. The number of nitrogens with one attached hydrogen (secondary N) is 1. The number of thiophene rings is 1. The van der Waals surface area contributed by atoms with Gasteiger partial charge in [-0.1, -0.05) is 24.3 Å². The second-order valence-electron chi connectivity index (χ2n) is 9.43. The molecule has 0 aliphatic carbocycles. The summed E-state index contributed by atoms with van der Waals surface area (Å²) >= 11 is 4.51. The Morgan fingerprint density at radius 3 is 2.40 bits per heavy atom. The van der Waals surface area contributed by atoms with Crippen LogP contribution in [-0.4, -0.2) is 62.6 Å². The summed E-state index contributed by atoms with van der Waals surface area (Å²) in [5, 5.41) is 12.4. The van der Waals surface area contributed by atoms with Crippen LogP contribution >= 0.6 is 27.3 Å². The van der Waals surface area contributed by atoms with Gasteiger partial charge in [-0.15, -0.1) is 11.3 Å². The lowest BCUT2D eigenvalue weighted by atomic mass is 10.1. The average molecular weight is 692 g/mol. The normalized spacial score (nSPS) is 14.9. The van der Waals surface area contributed by atoms with E-state index in [1.807, 2.05) is 24.3 Å². The van der Waals surface area contributed by atoms with Crippen LogP contribution in [0.15, 0.2) is 53.0 Å². The van der Waals surface area contributed by atoms with Crippen LogP contribution < -0.4 is 10.1 Å². The number of hydrogen-bond donors (Lipinski definition) is 2. The monoisotopic (exact) mass is 690 g/mol. The Hall–Kier alpha value is -3.14. The number of sulfonamides is 1. The summed E-state index contributed by atoms with van der Waals surface area (Å²) in [6.45, 7) is -0.133. The lowest BCUT2D eigenvalue weighted by molar-refractivity contribution is -0.139. The number of esters is 1. The van der Waals surface area contributed by atoms with Gasteiger partial charge >= 0.3 is 18.1 Å². The fraction of sp³-hybridized carbons (Fsp3) is 0.333. The number of carboxylic acid groups (broad SMARTS) is 1. The molecule has 1 fully saturated rings. The minimum Gasteiger partial charge on any atom is -0.479 e. The van der Waals surface area contributed by atoms with Crippen molar-refractivity contribution in [1.29, 1.82) is 0 Å². The van der Waals surface area contributed by atoms with Gasteiger partial charge in [-0.25, -0.2) is 22.3 Å². The number of piperidine rings is 1. The summed E-state index contributed by atoms with van der Waals surface area (Å²) in [6, 6.07) is 11.4. The highest BCUT2D eigenvalue weighted by atomic mass is 79.9. The second kappa shape index (κ2) is 13.0. The summed E-state index contributed by atoms with van der Waals surface area (Å²) in [5.74, 6) is -2.17. The molecule has 0 bridgehead atoms. The first-order valence-electron chi connectivity index (χ1n) is 12.5. The van der Waals surface area contributed by atoms with E-state index >= 15 is 0 Å². The van der Waals surface area contributed by atoms with E-state index < -0.39 is 40.3 Å². The number of alkyl halides is 3. The molecule has 2 aromatic carbocycles. The number of carbonyl (C=O) groups excluding carboxylic acids is 1. The minimum atomic E-state index is -4.49. The van der Waals surface area contributed by atoms with Gasteiger partial charge in [0.2, 0.25) is 10.0 Å². The van der Waals surface area contributed by atoms with Crippen molar-refractivity contribution < 1.29 is 45.8 Å². The fourth-order valence-electron chi connectivity index (χ4n) is 4.43. The van der Waals surface area contributed by atoms with Crippen LogP contribution in [0.1, 0.15) is 33.6 Å². The summed E-state index contributed by atoms with van der Waals surface area (Å²) in [5.41, 5.74) is 0.934. The molecule has 0 amide bonds. The number of carboxylic acids is 1. The van der Waals surface area contributed by atoms with Crippen LogP contribution in [0.3, 0.4) is 0 Å². The smallest absolute Gasteiger partial charge is 0.416 e. The maximum atomic E-state index is 12.9. The van der Waals surface area contributed by atoms with E-state index in [4.69, 9.17) is 14.6 Å². The summed E-state index contributed by atoms with van der Waals surface area (Å²) in [4.78, 5) is 24.0. The molecule has 4 rings (SSSR count). The fourth-order valence-corrected chi connectivity index (χ4v) is 7.96. The van der Waals surface area contributed by atoms with Gasteiger partial charge in [0.25, 0.3) is 0 Å². The number of anilines is 1. The van der Waals surface area contributed by atoms with E-state index in [-0.39, 0.29) is 41.1 Å². The first kappa shape index (κ1) is 31.8. The van der Waals surface area contributed by atoms with Crippen molar-refractivity contribution in [2.24, 2.45) is 0 Å². The van der Waals surface area contributed by atoms with Gasteiger partial charge in [0.05, 0.1) is 27.8 Å². The van der Waals surface area contributed by atoms with Crippen molar-refractivity contribution in [3.05, 3.63) is 69.0 Å². The van der Waals surface area contributed by atoms with Gasteiger partial charge in [0, 0.05) is 24.8 Å². The molecule has 0 radical (unpaired) electrons. The molecular formula is C27H26BrF3N2O7S2. The van der Waals surface area contributed by atoms with Crippen molar-refractivity contribution in [3.63, 3.8) is 0 Å². The van der Waals surface area contributed by atoms with Gasteiger partial charge in [-0.3, -0.25) is 0 Å². The third-order valence-corrected chi connectivity index (χ3v) is 10.6. The van der Waals surface area contributed by atoms with E-state index in [9.17, 15) is 31.2 Å². The zero-order valence-corrected chi connectivity index (χ0v) is 25.3. The van der Waals surface area contributed by atoms with Crippen molar-refractivity contribution >= 4 is 54.9 Å². The Kier molecular flexibility index (Phi) is 9.85. The number of hydrogen-bond acceptors (Lipinski definition) is 8. The third kappa shape index (κ3) is 7.62. The van der Waals surface area contributed by atoms with Crippen LogP contribution in [0.4, 0.5) is 18.9 Å². The number of carbonyl (C=O) groups is 2. The largest absolute Gasteiger partial charge is 0.479 e. The molecule has 9 nitrogen and oxygen atoms in total. The summed E-state index contributed by atoms with van der Waals surface area (Å²) in [6.07, 6.45) is -3.46. The molecule has 42 heavy (non-hydrogen) atoms. The molecule has 1 saturated heterocycles. The number of rotatable bonds is 10. The molecular weight excluding hydrogens is 665 g/mol. The van der Waals surface area contributed by atoms with Crippen LogP contribution in [0.2, 0.25) is 0 Å². The highest BCUT2D eigenvalue weighted by Gasteiger charge is 2.31. The van der Waals surface area contributed by atoms with E-state index in [1.54, 1.807) is 0 Å². The molecule has 226 valence electrons. The lowest BCUT2D eigenvalue weighted by Gasteiger charge is -2.32. The number of aliphatic carboxylic acids is 1. The molecule has 15 heteroatoms. The van der Waals surface area contributed by atoms with Gasteiger partial charge in [-0.05, 0) is 64.2 Å². The minimum absolute atomic E-state index is 0.0374. The molecule has 1 aliphatic heterocycles. The van der Waals surface area contributed by atoms with Gasteiger partial charge in [0.1, 0.15) is 0 Å². The number of benzene rings is 2. The molecule has 0 unspecified atom stereocenters. The predicted octanol–water partition coefficient (Wildman–Crippen LogP) is 5.85. The number of ether oxygens (including phenoxy) is 2. The zero-order valence-electron chi connectivity index (χ0n) is 22.1. The second-order valence-corrected chi connectivity index (χ2v) is 13.2. The maximum absolute atomic E-state index is 12.9. The standard InChI is InChI=1S/C27H26BrF3N2O7S2/c1-39-26(36)25-23(40-14-21(34)35)22(28)24(41-25)17-3-2-4-20(13-17)32-19-9-11-33(12-10-19)42(37,38)15-16-5-7-18(8-6-16)27(29,30)31/h2-8,13,19,32H,9-12,14-15H2,1H3,(H,34,35). The highest BCUT2D eigenvalue weighted by molar-refractivity contribution is 9.10. The SMILES string of the molecule is COC(=O)c1sc(-c2cccc(NC3CCN(S(=O)(=O)Cc4ccc(C(F)(F)F)cc4)CC3)c2)c(Br)c1OCC(=O)O. The van der Waals surface area contributed by atoms with Crippen molar-refractivity contribution in [3.8, 4) is 16.2 Å². The average Bonchev–Trinajstić information content (AvgIpc) is 3.27. The predicted molar refractivity (Wildman–Crippen MR) is 154 cm³/mol. The summed E-state index contributed by atoms with van der Waals surface area (Å²) in [7, 11) is -2.50. The van der Waals surface area contributed by atoms with Crippen molar-refractivity contribution in [1.82, 2.24) is 4.31 Å². The summed E-state index contributed by atoms with van der Waals surface area (Å²) < 4.78 is 76.2. The molecule has 2 N–H and O–H groups in total. The third-order valence-electron chi connectivity index (χ3n) is 6.49. The Labute approximate surface area is 252 Å². The lowest BCUT2D eigenvalue weighted by Crippen LogP contribution is -2.42. The zero-order chi connectivity index (χ0) is 30.7. The Morgan fingerprint density at radius 1 is 1.14 bits per heavy atom. The quantitative estimate of drug-likeness (QED) is 0.254. The van der Waals surface area contributed by atoms with Crippen molar-refractivity contribution in [2.45, 2.75) is 30.8 Å². The molecule has 0 spiro atoms. The van der Waals surface area contributed by atoms with Crippen LogP contribution in [0.25, 0.3) is 10.4 Å². The Morgan fingerprint density at radius 2 is 1.81 bits per heavy atom. The van der Waals surface area contributed by atoms with E-state index in [2.05, 4.69) is 21.2 Å². The van der Waals surface area contributed by atoms with Crippen LogP contribution in [-0.2, 0) is 31.5 Å². The highest BCUT2D eigenvalue weighted by Crippen LogP contribution is 2.46. The van der Waals surface area contributed by atoms with Gasteiger partial charge < -0.3 is 19.9 Å². The molecule has 3 aromatic rings. The van der Waals surface area contributed by atoms with Crippen LogP contribution in [0.5, 0.6) is 5.75 Å². The maximum Gasteiger partial charge on any atom is 0.416 e. The molecule has 1 aliphatic rings. The number of nitrogens with zero attached hydrogens (tertiary/aromatic N) is 1. The van der Waals surface area contributed by atoms with E-state index in [1.165, 1.54) is 23.5 Å². The topological polar surface area (TPSA) is 122 Å². The van der Waals surface area contributed by atoms with Gasteiger partial charge in [0.15, 0.2) is 17.2 Å². The van der Waals surface area contributed by atoms with Gasteiger partial charge in [-0.2, -0.15) is 13.2 Å². The first-order valence-corrected chi connectivity index (χ1v) is 15.8. The number of methoxy groups -OCH3 is 1. The molecule has 0 atom stereocenters. The molecule has 1 aromatic heterocycles. The van der Waals surface area contributed by atoms with E-state index in [0.717, 1.165) is 34.7 Å².